The van der Waals surface area contributed by atoms with Gasteiger partial charge in [-0.3, -0.25) is 4.79 Å². The molecule has 0 spiro atoms. The van der Waals surface area contributed by atoms with E-state index in [1.807, 2.05) is 4.90 Å². The van der Waals surface area contributed by atoms with Gasteiger partial charge in [0.2, 0.25) is 0 Å². The van der Waals surface area contributed by atoms with Gasteiger partial charge in [-0.2, -0.15) is 5.26 Å². The van der Waals surface area contributed by atoms with E-state index < -0.39 is 15.1 Å². The minimum Gasteiger partial charge on any atom is -0.333 e. The molecule has 0 unspecified atom stereocenters. The molecule has 2 bridgehead atoms. The summed E-state index contributed by atoms with van der Waals surface area (Å²) >= 11 is 0. The van der Waals surface area contributed by atoms with E-state index in [-0.39, 0.29) is 18.0 Å². The Bertz CT molecular complexity index is 997. The van der Waals surface area contributed by atoms with Crippen LogP contribution in [0.1, 0.15) is 41.6 Å². The van der Waals surface area contributed by atoms with Crippen molar-refractivity contribution in [2.45, 2.75) is 47.9 Å². The summed E-state index contributed by atoms with van der Waals surface area (Å²) in [5.74, 6) is -0.102. The van der Waals surface area contributed by atoms with Crippen LogP contribution < -0.4 is 0 Å². The monoisotopic (exact) mass is 380 g/mol. The fraction of sp³-hybridized carbons (Fsp3) is 0.333. The molecule has 0 aliphatic carbocycles. The Morgan fingerprint density at radius 2 is 1.67 bits per heavy atom. The van der Waals surface area contributed by atoms with Crippen LogP contribution >= 0.6 is 0 Å². The van der Waals surface area contributed by atoms with Crippen molar-refractivity contribution < 1.29 is 13.2 Å². The van der Waals surface area contributed by atoms with Crippen molar-refractivity contribution in [2.75, 3.05) is 0 Å². The molecule has 2 aliphatic rings. The molecule has 5 nitrogen and oxygen atoms in total. The summed E-state index contributed by atoms with van der Waals surface area (Å²) in [4.78, 5) is 15.2. The zero-order chi connectivity index (χ0) is 19.0. The highest BCUT2D eigenvalue weighted by molar-refractivity contribution is 7.92. The minimum atomic E-state index is -3.39. The van der Waals surface area contributed by atoms with Crippen molar-refractivity contribution in [3.63, 3.8) is 0 Å². The highest BCUT2D eigenvalue weighted by atomic mass is 32.2. The van der Waals surface area contributed by atoms with E-state index in [2.05, 4.69) is 6.07 Å². The Morgan fingerprint density at radius 1 is 1.00 bits per heavy atom. The van der Waals surface area contributed by atoms with E-state index in [1.165, 1.54) is 0 Å². The van der Waals surface area contributed by atoms with Crippen LogP contribution in [0, 0.1) is 11.3 Å². The molecule has 2 fully saturated rings. The first kappa shape index (κ1) is 17.7. The van der Waals surface area contributed by atoms with Gasteiger partial charge in [0.25, 0.3) is 5.91 Å². The predicted molar refractivity (Wildman–Crippen MR) is 101 cm³/mol. The molecule has 2 saturated heterocycles. The molecular weight excluding hydrogens is 360 g/mol. The first-order valence-corrected chi connectivity index (χ1v) is 10.7. The SMILES string of the molecule is N#Cc1cccc(C(=O)N2[C@@H]3CC[C@@H]2CC(S(=O)(=O)c2ccccc2)C3)c1. The van der Waals surface area contributed by atoms with E-state index >= 15 is 0 Å². The van der Waals surface area contributed by atoms with E-state index in [0.29, 0.717) is 28.9 Å². The van der Waals surface area contributed by atoms with Crippen molar-refractivity contribution in [3.8, 4) is 6.07 Å². The molecule has 0 aromatic heterocycles. The zero-order valence-electron chi connectivity index (χ0n) is 14.8. The molecule has 4 rings (SSSR count). The molecule has 2 aliphatic heterocycles. The standard InChI is InChI=1S/C21H20N2O3S/c22-14-15-5-4-6-16(11-15)21(24)23-17-9-10-18(23)13-20(12-17)27(25,26)19-7-2-1-3-8-19/h1-8,11,17-18,20H,9-10,12-13H2/t17-,18-/m1/s1. The third-order valence-corrected chi connectivity index (χ3v) is 7.87. The van der Waals surface area contributed by atoms with Gasteiger partial charge < -0.3 is 4.90 Å². The summed E-state index contributed by atoms with van der Waals surface area (Å²) in [6, 6.07) is 17.2. The fourth-order valence-electron chi connectivity index (χ4n) is 4.39. The maximum Gasteiger partial charge on any atom is 0.254 e. The summed E-state index contributed by atoms with van der Waals surface area (Å²) in [5.41, 5.74) is 0.949. The van der Waals surface area contributed by atoms with Crippen molar-refractivity contribution in [2.24, 2.45) is 0 Å². The van der Waals surface area contributed by atoms with Gasteiger partial charge in [0, 0.05) is 17.6 Å². The van der Waals surface area contributed by atoms with E-state index in [4.69, 9.17) is 5.26 Å². The van der Waals surface area contributed by atoms with E-state index in [0.717, 1.165) is 12.8 Å². The van der Waals surface area contributed by atoms with Crippen LogP contribution in [0.5, 0.6) is 0 Å². The van der Waals surface area contributed by atoms with Crippen LogP contribution in [-0.4, -0.2) is 36.6 Å². The lowest BCUT2D eigenvalue weighted by atomic mass is 10.0. The van der Waals surface area contributed by atoms with Crippen LogP contribution in [0.3, 0.4) is 0 Å². The molecule has 2 aromatic carbocycles. The lowest BCUT2D eigenvalue weighted by Crippen LogP contribution is -2.49. The van der Waals surface area contributed by atoms with E-state index in [9.17, 15) is 13.2 Å². The Morgan fingerprint density at radius 3 is 2.30 bits per heavy atom. The molecular formula is C21H20N2O3S. The highest BCUT2D eigenvalue weighted by Crippen LogP contribution is 2.40. The lowest BCUT2D eigenvalue weighted by Gasteiger charge is -2.38. The average molecular weight is 380 g/mol. The number of amides is 1. The number of benzene rings is 2. The second-order valence-electron chi connectivity index (χ2n) is 7.24. The maximum absolute atomic E-state index is 13.0. The van der Waals surface area contributed by atoms with Gasteiger partial charge >= 0.3 is 0 Å². The van der Waals surface area contributed by atoms with Crippen molar-refractivity contribution in [1.29, 1.82) is 5.26 Å². The number of hydrogen-bond acceptors (Lipinski definition) is 4. The number of carbonyl (C=O) groups is 1. The summed E-state index contributed by atoms with van der Waals surface area (Å²) in [6.07, 6.45) is 2.60. The number of rotatable bonds is 3. The van der Waals surface area contributed by atoms with Crippen molar-refractivity contribution in [3.05, 3.63) is 65.7 Å². The molecule has 2 heterocycles. The molecule has 0 radical (unpaired) electrons. The fourth-order valence-corrected chi connectivity index (χ4v) is 6.26. The molecule has 1 amide bonds. The Hall–Kier alpha value is -2.65. The third-order valence-electron chi connectivity index (χ3n) is 5.67. The van der Waals surface area contributed by atoms with Crippen LogP contribution in [-0.2, 0) is 9.84 Å². The van der Waals surface area contributed by atoms with Gasteiger partial charge in [-0.1, -0.05) is 24.3 Å². The normalized spacial score (nSPS) is 24.4. The van der Waals surface area contributed by atoms with Gasteiger partial charge in [-0.25, -0.2) is 8.42 Å². The Labute approximate surface area is 159 Å². The number of fused-ring (bicyclic) bond motifs is 2. The van der Waals surface area contributed by atoms with Gasteiger partial charge in [-0.15, -0.1) is 0 Å². The summed E-state index contributed by atoms with van der Waals surface area (Å²) in [7, 11) is -3.39. The van der Waals surface area contributed by atoms with Crippen LogP contribution in [0.15, 0.2) is 59.5 Å². The second kappa shape index (κ2) is 6.82. The molecule has 0 N–H and O–H groups in total. The largest absolute Gasteiger partial charge is 0.333 e. The molecule has 138 valence electrons. The first-order valence-electron chi connectivity index (χ1n) is 9.12. The number of piperidine rings is 1. The van der Waals surface area contributed by atoms with Gasteiger partial charge in [-0.05, 0) is 56.0 Å². The number of sulfone groups is 1. The lowest BCUT2D eigenvalue weighted by molar-refractivity contribution is 0.0598. The molecule has 6 heteroatoms. The van der Waals surface area contributed by atoms with E-state index in [1.54, 1.807) is 54.6 Å². The highest BCUT2D eigenvalue weighted by Gasteiger charge is 2.47. The van der Waals surface area contributed by atoms with Gasteiger partial charge in [0.05, 0.1) is 21.8 Å². The molecule has 0 saturated carbocycles. The Kier molecular flexibility index (Phi) is 4.48. The Balaban J connectivity index is 1.58. The predicted octanol–water partition coefficient (Wildman–Crippen LogP) is 3.17. The second-order valence-corrected chi connectivity index (χ2v) is 9.47. The average Bonchev–Trinajstić information content (AvgIpc) is 2.96. The van der Waals surface area contributed by atoms with Gasteiger partial charge in [0.15, 0.2) is 9.84 Å². The van der Waals surface area contributed by atoms with Gasteiger partial charge in [0.1, 0.15) is 0 Å². The molecule has 2 aromatic rings. The quantitative estimate of drug-likeness (QED) is 0.819. The van der Waals surface area contributed by atoms with Crippen molar-refractivity contribution >= 4 is 15.7 Å². The summed E-state index contributed by atoms with van der Waals surface area (Å²) < 4.78 is 26.0. The number of hydrogen-bond donors (Lipinski definition) is 0. The summed E-state index contributed by atoms with van der Waals surface area (Å²) in [6.45, 7) is 0. The van der Waals surface area contributed by atoms with Crippen LogP contribution in [0.4, 0.5) is 0 Å². The summed E-state index contributed by atoms with van der Waals surface area (Å²) in [5, 5.41) is 8.61. The number of nitriles is 1. The first-order chi connectivity index (χ1) is 13.0. The topological polar surface area (TPSA) is 78.2 Å². The third kappa shape index (κ3) is 3.13. The van der Waals surface area contributed by atoms with Crippen LogP contribution in [0.2, 0.25) is 0 Å². The number of carbonyl (C=O) groups excluding carboxylic acids is 1. The number of nitrogens with zero attached hydrogens (tertiary/aromatic N) is 2. The smallest absolute Gasteiger partial charge is 0.254 e. The molecule has 2 atom stereocenters. The molecule has 27 heavy (non-hydrogen) atoms. The van der Waals surface area contributed by atoms with Crippen molar-refractivity contribution in [1.82, 2.24) is 4.90 Å². The zero-order valence-corrected chi connectivity index (χ0v) is 15.6. The maximum atomic E-state index is 13.0. The van der Waals surface area contributed by atoms with Crippen LogP contribution in [0.25, 0.3) is 0 Å². The minimum absolute atomic E-state index is 0.0644.